The van der Waals surface area contributed by atoms with Crippen LogP contribution in [0.15, 0.2) is 24.3 Å². The summed E-state index contributed by atoms with van der Waals surface area (Å²) in [6, 6.07) is 8.94. The van der Waals surface area contributed by atoms with E-state index in [1.807, 2.05) is 0 Å². The Hall–Kier alpha value is -1.02. The third-order valence-corrected chi connectivity index (χ3v) is 3.92. The normalized spacial score (nSPS) is 21.8. The lowest BCUT2D eigenvalue weighted by atomic mass is 9.94. The van der Waals surface area contributed by atoms with Crippen LogP contribution in [0.1, 0.15) is 64.0 Å². The Labute approximate surface area is 117 Å². The average Bonchev–Trinajstić information content (AvgIpc) is 2.44. The fourth-order valence-corrected chi connectivity index (χ4v) is 2.91. The molecular formula is C17H27NO. The van der Waals surface area contributed by atoms with Gasteiger partial charge in [0.15, 0.2) is 0 Å². The number of benzene rings is 1. The Morgan fingerprint density at radius 1 is 1.16 bits per heavy atom. The highest BCUT2D eigenvalue weighted by Crippen LogP contribution is 2.35. The predicted molar refractivity (Wildman–Crippen MR) is 80.7 cm³/mol. The molecule has 1 aromatic rings. The average molecular weight is 261 g/mol. The van der Waals surface area contributed by atoms with E-state index in [2.05, 4.69) is 43.4 Å². The number of unbranched alkanes of at least 4 members (excludes halogenated alkanes) is 3. The molecule has 19 heavy (non-hydrogen) atoms. The highest BCUT2D eigenvalue weighted by Gasteiger charge is 2.26. The molecule has 0 spiro atoms. The zero-order valence-electron chi connectivity index (χ0n) is 12.3. The zero-order chi connectivity index (χ0) is 13.5. The Balaban J connectivity index is 1.95. The summed E-state index contributed by atoms with van der Waals surface area (Å²) in [7, 11) is 0. The molecule has 0 saturated heterocycles. The van der Waals surface area contributed by atoms with Crippen molar-refractivity contribution in [1.29, 1.82) is 0 Å². The summed E-state index contributed by atoms with van der Waals surface area (Å²) in [5.41, 5.74) is 1.33. The second-order valence-electron chi connectivity index (χ2n) is 5.47. The molecule has 1 heterocycles. The Kier molecular flexibility index (Phi) is 5.71. The minimum Gasteiger partial charge on any atom is -0.490 e. The molecule has 2 atom stereocenters. The van der Waals surface area contributed by atoms with Crippen LogP contribution in [0.4, 0.5) is 0 Å². The molecule has 0 aromatic heterocycles. The first-order valence-electron chi connectivity index (χ1n) is 7.84. The number of rotatable bonds is 7. The van der Waals surface area contributed by atoms with Gasteiger partial charge in [-0.05, 0) is 25.5 Å². The number of hydrogen-bond donors (Lipinski definition) is 1. The largest absolute Gasteiger partial charge is 0.490 e. The van der Waals surface area contributed by atoms with Gasteiger partial charge in [-0.15, -0.1) is 0 Å². The van der Waals surface area contributed by atoms with Crippen LogP contribution in [0.5, 0.6) is 5.75 Å². The second-order valence-corrected chi connectivity index (χ2v) is 5.47. The molecule has 1 aliphatic rings. The van der Waals surface area contributed by atoms with Gasteiger partial charge in [0, 0.05) is 18.0 Å². The third-order valence-electron chi connectivity index (χ3n) is 3.92. The first-order valence-corrected chi connectivity index (χ1v) is 7.84. The molecule has 0 amide bonds. The Morgan fingerprint density at radius 3 is 2.79 bits per heavy atom. The minimum absolute atomic E-state index is 0.385. The van der Waals surface area contributed by atoms with Crippen LogP contribution in [0.3, 0.4) is 0 Å². The van der Waals surface area contributed by atoms with Crippen LogP contribution in [0, 0.1) is 0 Å². The van der Waals surface area contributed by atoms with E-state index in [1.165, 1.54) is 37.7 Å². The number of nitrogens with one attached hydrogen (secondary N) is 1. The van der Waals surface area contributed by atoms with Crippen molar-refractivity contribution in [2.45, 2.75) is 64.5 Å². The smallest absolute Gasteiger partial charge is 0.124 e. The molecule has 1 aliphatic heterocycles. The van der Waals surface area contributed by atoms with E-state index in [9.17, 15) is 0 Å². The van der Waals surface area contributed by atoms with Crippen LogP contribution >= 0.6 is 0 Å². The van der Waals surface area contributed by atoms with Crippen molar-refractivity contribution in [3.05, 3.63) is 29.8 Å². The van der Waals surface area contributed by atoms with Crippen LogP contribution in [-0.4, -0.2) is 12.6 Å². The van der Waals surface area contributed by atoms with Crippen LogP contribution in [-0.2, 0) is 0 Å². The van der Waals surface area contributed by atoms with Crippen molar-refractivity contribution < 1.29 is 4.74 Å². The van der Waals surface area contributed by atoms with Gasteiger partial charge in [0.2, 0.25) is 0 Å². The Morgan fingerprint density at radius 2 is 2.00 bits per heavy atom. The summed E-state index contributed by atoms with van der Waals surface area (Å²) in [5, 5.41) is 3.59. The van der Waals surface area contributed by atoms with Crippen LogP contribution in [0.25, 0.3) is 0 Å². The van der Waals surface area contributed by atoms with E-state index in [1.54, 1.807) is 0 Å². The van der Waals surface area contributed by atoms with E-state index < -0.39 is 0 Å². The summed E-state index contributed by atoms with van der Waals surface area (Å²) in [5.74, 6) is 1.08. The van der Waals surface area contributed by atoms with Gasteiger partial charge in [-0.25, -0.2) is 0 Å². The lowest BCUT2D eigenvalue weighted by Crippen LogP contribution is -2.32. The van der Waals surface area contributed by atoms with Crippen molar-refractivity contribution >= 4 is 0 Å². The fourth-order valence-electron chi connectivity index (χ4n) is 2.91. The van der Waals surface area contributed by atoms with Gasteiger partial charge < -0.3 is 10.1 Å². The van der Waals surface area contributed by atoms with Crippen LogP contribution in [0.2, 0.25) is 0 Å². The van der Waals surface area contributed by atoms with Gasteiger partial charge in [-0.1, -0.05) is 51.3 Å². The lowest BCUT2D eigenvalue weighted by molar-refractivity contribution is 0.138. The van der Waals surface area contributed by atoms with Gasteiger partial charge in [0.25, 0.3) is 0 Å². The van der Waals surface area contributed by atoms with Gasteiger partial charge in [-0.2, -0.15) is 0 Å². The molecule has 2 rings (SSSR count). The predicted octanol–water partition coefficient (Wildman–Crippen LogP) is 4.46. The molecule has 2 nitrogen and oxygen atoms in total. The van der Waals surface area contributed by atoms with Crippen molar-refractivity contribution in [2.75, 3.05) is 6.54 Å². The van der Waals surface area contributed by atoms with Gasteiger partial charge in [0.1, 0.15) is 11.9 Å². The molecule has 1 N–H and O–H groups in total. The highest BCUT2D eigenvalue weighted by molar-refractivity contribution is 5.37. The quantitative estimate of drug-likeness (QED) is 0.732. The molecule has 0 radical (unpaired) electrons. The lowest BCUT2D eigenvalue weighted by Gasteiger charge is -2.32. The molecular weight excluding hydrogens is 234 g/mol. The summed E-state index contributed by atoms with van der Waals surface area (Å²) in [4.78, 5) is 0. The van der Waals surface area contributed by atoms with Crippen molar-refractivity contribution in [2.24, 2.45) is 0 Å². The minimum atomic E-state index is 0.385. The highest BCUT2D eigenvalue weighted by atomic mass is 16.5. The zero-order valence-corrected chi connectivity index (χ0v) is 12.3. The molecule has 2 heteroatoms. The number of para-hydroxylation sites is 1. The van der Waals surface area contributed by atoms with Crippen molar-refractivity contribution in [3.8, 4) is 5.75 Å². The summed E-state index contributed by atoms with van der Waals surface area (Å²) < 4.78 is 6.15. The van der Waals surface area contributed by atoms with E-state index >= 15 is 0 Å². The maximum Gasteiger partial charge on any atom is 0.124 e. The van der Waals surface area contributed by atoms with E-state index in [0.29, 0.717) is 12.1 Å². The molecule has 0 aliphatic carbocycles. The van der Waals surface area contributed by atoms with Crippen molar-refractivity contribution in [3.63, 3.8) is 0 Å². The maximum absolute atomic E-state index is 6.15. The second kappa shape index (κ2) is 7.54. The van der Waals surface area contributed by atoms with Gasteiger partial charge in [0.05, 0.1) is 0 Å². The topological polar surface area (TPSA) is 21.3 Å². The number of ether oxygens (including phenoxy) is 1. The summed E-state index contributed by atoms with van der Waals surface area (Å²) in [6.45, 7) is 5.45. The molecule has 0 bridgehead atoms. The Bertz CT molecular complexity index is 377. The SMILES string of the molecule is CCCCCCC1CC(NCC)c2ccccc2O1. The van der Waals surface area contributed by atoms with Gasteiger partial charge in [-0.3, -0.25) is 0 Å². The maximum atomic E-state index is 6.15. The monoisotopic (exact) mass is 261 g/mol. The van der Waals surface area contributed by atoms with E-state index in [-0.39, 0.29) is 0 Å². The van der Waals surface area contributed by atoms with Crippen LogP contribution < -0.4 is 10.1 Å². The van der Waals surface area contributed by atoms with E-state index in [4.69, 9.17) is 4.74 Å². The van der Waals surface area contributed by atoms with E-state index in [0.717, 1.165) is 18.7 Å². The molecule has 0 fully saturated rings. The first kappa shape index (κ1) is 14.4. The third kappa shape index (κ3) is 3.97. The number of hydrogen-bond acceptors (Lipinski definition) is 2. The molecule has 0 saturated carbocycles. The molecule has 106 valence electrons. The fraction of sp³-hybridized carbons (Fsp3) is 0.647. The molecule has 2 unspecified atom stereocenters. The summed E-state index contributed by atoms with van der Waals surface area (Å²) >= 11 is 0. The van der Waals surface area contributed by atoms with Gasteiger partial charge >= 0.3 is 0 Å². The number of fused-ring (bicyclic) bond motifs is 1. The summed E-state index contributed by atoms with van der Waals surface area (Å²) in [6.07, 6.45) is 7.96. The standard InChI is InChI=1S/C17H27NO/c1-3-5-6-7-10-14-13-16(18-4-2)15-11-8-9-12-17(15)19-14/h8-9,11-12,14,16,18H,3-7,10,13H2,1-2H3. The van der Waals surface area contributed by atoms with Crippen molar-refractivity contribution in [1.82, 2.24) is 5.32 Å². The first-order chi connectivity index (χ1) is 9.35. The molecule has 1 aromatic carbocycles.